The van der Waals surface area contributed by atoms with Gasteiger partial charge in [0.05, 0.1) is 10.6 Å². The number of ether oxygens (including phenoxy) is 1. The Balaban J connectivity index is 1.82. The number of benzene rings is 2. The summed E-state index contributed by atoms with van der Waals surface area (Å²) >= 11 is 6.09. The van der Waals surface area contributed by atoms with Gasteiger partial charge in [-0.15, -0.1) is 0 Å². The number of carbonyl (C=O) groups is 2. The van der Waals surface area contributed by atoms with Crippen LogP contribution in [0.15, 0.2) is 53.1 Å². The van der Waals surface area contributed by atoms with Crippen LogP contribution in [0.5, 0.6) is 0 Å². The van der Waals surface area contributed by atoms with Gasteiger partial charge in [-0.1, -0.05) is 41.0 Å². The molecule has 6 nitrogen and oxygen atoms in total. The van der Waals surface area contributed by atoms with Gasteiger partial charge in [0.15, 0.2) is 6.61 Å². The minimum absolute atomic E-state index is 0.0672. The minimum Gasteiger partial charge on any atom is -0.452 e. The second-order valence-corrected chi connectivity index (χ2v) is 7.24. The highest BCUT2D eigenvalue weighted by atomic mass is 35.5. The van der Waals surface area contributed by atoms with E-state index in [0.717, 1.165) is 0 Å². The SMILES string of the molecule is Cc1onc(-c2c(F)cccc2Cl)c1C(=O)OCC(=O)N(c1ccccc1)C(C)C. The van der Waals surface area contributed by atoms with Gasteiger partial charge in [-0.05, 0) is 45.0 Å². The highest BCUT2D eigenvalue weighted by Gasteiger charge is 2.28. The summed E-state index contributed by atoms with van der Waals surface area (Å²) in [5.41, 5.74) is 0.471. The lowest BCUT2D eigenvalue weighted by molar-refractivity contribution is -0.122. The van der Waals surface area contributed by atoms with Crippen molar-refractivity contribution in [2.24, 2.45) is 0 Å². The normalized spacial score (nSPS) is 10.9. The second-order valence-electron chi connectivity index (χ2n) is 6.83. The van der Waals surface area contributed by atoms with E-state index < -0.39 is 24.3 Å². The van der Waals surface area contributed by atoms with Gasteiger partial charge in [0.1, 0.15) is 22.8 Å². The lowest BCUT2D eigenvalue weighted by Gasteiger charge is -2.26. The second kappa shape index (κ2) is 9.09. The van der Waals surface area contributed by atoms with Crippen LogP contribution in [0.3, 0.4) is 0 Å². The van der Waals surface area contributed by atoms with Gasteiger partial charge < -0.3 is 14.2 Å². The van der Waals surface area contributed by atoms with Gasteiger partial charge in [0.25, 0.3) is 5.91 Å². The Hall–Kier alpha value is -3.19. The molecule has 1 amide bonds. The summed E-state index contributed by atoms with van der Waals surface area (Å²) in [5, 5.41) is 3.84. The number of esters is 1. The van der Waals surface area contributed by atoms with Crippen LogP contribution in [-0.4, -0.2) is 29.7 Å². The Bertz CT molecular complexity index is 1050. The van der Waals surface area contributed by atoms with Gasteiger partial charge in [-0.3, -0.25) is 4.79 Å². The van der Waals surface area contributed by atoms with Crippen LogP contribution >= 0.6 is 11.6 Å². The van der Waals surface area contributed by atoms with E-state index in [2.05, 4.69) is 5.16 Å². The Morgan fingerprint density at radius 1 is 1.17 bits per heavy atom. The minimum atomic E-state index is -0.854. The summed E-state index contributed by atoms with van der Waals surface area (Å²) in [7, 11) is 0. The van der Waals surface area contributed by atoms with Crippen molar-refractivity contribution in [3.05, 3.63) is 70.7 Å². The van der Waals surface area contributed by atoms with Crippen molar-refractivity contribution in [3.8, 4) is 11.3 Å². The lowest BCUT2D eigenvalue weighted by Crippen LogP contribution is -2.39. The number of anilines is 1. The summed E-state index contributed by atoms with van der Waals surface area (Å²) in [6.45, 7) is 4.71. The molecular weight excluding hydrogens is 411 g/mol. The number of amides is 1. The molecule has 0 spiro atoms. The van der Waals surface area contributed by atoms with E-state index in [-0.39, 0.29) is 33.6 Å². The Morgan fingerprint density at radius 3 is 2.50 bits per heavy atom. The van der Waals surface area contributed by atoms with E-state index in [0.29, 0.717) is 5.69 Å². The maximum absolute atomic E-state index is 14.3. The number of carbonyl (C=O) groups excluding carboxylic acids is 2. The fourth-order valence-electron chi connectivity index (χ4n) is 3.09. The largest absolute Gasteiger partial charge is 0.452 e. The summed E-state index contributed by atoms with van der Waals surface area (Å²) in [5.74, 6) is -1.78. The van der Waals surface area contributed by atoms with E-state index in [9.17, 15) is 14.0 Å². The molecule has 1 aromatic heterocycles. The van der Waals surface area contributed by atoms with Crippen molar-refractivity contribution in [2.45, 2.75) is 26.8 Å². The maximum atomic E-state index is 14.3. The van der Waals surface area contributed by atoms with Gasteiger partial charge in [-0.2, -0.15) is 0 Å². The van der Waals surface area contributed by atoms with Gasteiger partial charge in [0.2, 0.25) is 0 Å². The van der Waals surface area contributed by atoms with Crippen molar-refractivity contribution in [2.75, 3.05) is 11.5 Å². The molecule has 0 N–H and O–H groups in total. The van der Waals surface area contributed by atoms with Crippen molar-refractivity contribution < 1.29 is 23.2 Å². The highest BCUT2D eigenvalue weighted by molar-refractivity contribution is 6.33. The van der Waals surface area contributed by atoms with Crippen LogP contribution in [0.2, 0.25) is 5.02 Å². The van der Waals surface area contributed by atoms with E-state index in [1.165, 1.54) is 30.0 Å². The van der Waals surface area contributed by atoms with Crippen LogP contribution in [0.25, 0.3) is 11.3 Å². The molecule has 0 radical (unpaired) electrons. The number of para-hydroxylation sites is 1. The molecule has 30 heavy (non-hydrogen) atoms. The smallest absolute Gasteiger partial charge is 0.344 e. The first-order valence-corrected chi connectivity index (χ1v) is 9.64. The number of halogens is 2. The third kappa shape index (κ3) is 4.36. The molecule has 0 aliphatic heterocycles. The molecule has 0 saturated carbocycles. The molecule has 1 heterocycles. The fourth-order valence-corrected chi connectivity index (χ4v) is 3.35. The quantitative estimate of drug-likeness (QED) is 0.512. The molecule has 0 fully saturated rings. The topological polar surface area (TPSA) is 72.6 Å². The number of rotatable bonds is 6. The number of aryl methyl sites for hydroxylation is 1. The molecule has 3 aromatic rings. The Labute approximate surface area is 178 Å². The summed E-state index contributed by atoms with van der Waals surface area (Å²) < 4.78 is 24.6. The predicted octanol–water partition coefficient (Wildman–Crippen LogP) is 5.04. The van der Waals surface area contributed by atoms with Gasteiger partial charge in [-0.25, -0.2) is 9.18 Å². The standard InChI is InChI=1S/C22H20ClFN2O4/c1-13(2)26(15-8-5-4-6-9-15)18(27)12-29-22(28)19-14(3)30-25-21(19)20-16(23)10-7-11-17(20)24/h4-11,13H,12H2,1-3H3. The number of hydrogen-bond acceptors (Lipinski definition) is 5. The Morgan fingerprint density at radius 2 is 1.87 bits per heavy atom. The van der Waals surface area contributed by atoms with Crippen LogP contribution in [0.1, 0.15) is 30.0 Å². The van der Waals surface area contributed by atoms with Crippen molar-refractivity contribution in [1.29, 1.82) is 0 Å². The first-order chi connectivity index (χ1) is 14.3. The molecule has 156 valence electrons. The molecule has 2 aromatic carbocycles. The monoisotopic (exact) mass is 430 g/mol. The highest BCUT2D eigenvalue weighted by Crippen LogP contribution is 2.33. The van der Waals surface area contributed by atoms with Crippen LogP contribution in [0, 0.1) is 12.7 Å². The molecule has 0 atom stereocenters. The summed E-state index contributed by atoms with van der Waals surface area (Å²) in [4.78, 5) is 27.0. The number of hydrogen-bond donors (Lipinski definition) is 0. The van der Waals surface area contributed by atoms with Crippen molar-refractivity contribution >= 4 is 29.2 Å². The number of nitrogens with zero attached hydrogens (tertiary/aromatic N) is 2. The molecule has 0 bridgehead atoms. The molecule has 0 aliphatic carbocycles. The van der Waals surface area contributed by atoms with Crippen LogP contribution in [0.4, 0.5) is 10.1 Å². The van der Waals surface area contributed by atoms with Crippen LogP contribution in [-0.2, 0) is 9.53 Å². The van der Waals surface area contributed by atoms with Gasteiger partial charge >= 0.3 is 5.97 Å². The maximum Gasteiger partial charge on any atom is 0.344 e. The number of aromatic nitrogens is 1. The summed E-state index contributed by atoms with van der Waals surface area (Å²) in [6, 6.07) is 13.0. The third-order valence-electron chi connectivity index (χ3n) is 4.41. The van der Waals surface area contributed by atoms with Gasteiger partial charge in [0, 0.05) is 11.7 Å². The van der Waals surface area contributed by atoms with Crippen molar-refractivity contribution in [1.82, 2.24) is 5.16 Å². The van der Waals surface area contributed by atoms with Crippen molar-refractivity contribution in [3.63, 3.8) is 0 Å². The molecular formula is C22H20ClFN2O4. The predicted molar refractivity (Wildman–Crippen MR) is 111 cm³/mol. The van der Waals surface area contributed by atoms with E-state index >= 15 is 0 Å². The molecule has 3 rings (SSSR count). The lowest BCUT2D eigenvalue weighted by atomic mass is 10.1. The summed E-state index contributed by atoms with van der Waals surface area (Å²) in [6.07, 6.45) is 0. The average molecular weight is 431 g/mol. The van der Waals surface area contributed by atoms with E-state index in [1.54, 1.807) is 12.1 Å². The molecule has 0 aliphatic rings. The fraction of sp³-hybridized carbons (Fsp3) is 0.227. The first kappa shape index (κ1) is 21.5. The zero-order valence-electron chi connectivity index (χ0n) is 16.7. The zero-order valence-corrected chi connectivity index (χ0v) is 17.4. The average Bonchev–Trinajstić information content (AvgIpc) is 3.08. The first-order valence-electron chi connectivity index (χ1n) is 9.26. The Kier molecular flexibility index (Phi) is 6.52. The van der Waals surface area contributed by atoms with E-state index in [1.807, 2.05) is 32.0 Å². The van der Waals surface area contributed by atoms with E-state index in [4.69, 9.17) is 20.9 Å². The molecule has 8 heteroatoms. The zero-order chi connectivity index (χ0) is 21.8. The third-order valence-corrected chi connectivity index (χ3v) is 4.73. The van der Waals surface area contributed by atoms with Crippen LogP contribution < -0.4 is 4.90 Å². The molecule has 0 saturated heterocycles. The molecule has 0 unspecified atom stereocenters.